The Bertz CT molecular complexity index is 1150. The second-order valence-corrected chi connectivity index (χ2v) is 12.9. The van der Waals surface area contributed by atoms with E-state index in [0.29, 0.717) is 0 Å². The van der Waals surface area contributed by atoms with Crippen LogP contribution in [0.4, 0.5) is 0 Å². The van der Waals surface area contributed by atoms with Gasteiger partial charge in [0.2, 0.25) is 0 Å². The van der Waals surface area contributed by atoms with Gasteiger partial charge in [-0.1, -0.05) is 91.3 Å². The quantitative estimate of drug-likeness (QED) is 0.226. The van der Waals surface area contributed by atoms with Crippen molar-refractivity contribution in [3.05, 3.63) is 90.0 Å². The van der Waals surface area contributed by atoms with Crippen LogP contribution >= 0.6 is 0 Å². The van der Waals surface area contributed by atoms with Crippen LogP contribution in [-0.4, -0.2) is 8.07 Å². The second-order valence-electron chi connectivity index (χ2n) is 7.80. The van der Waals surface area contributed by atoms with Crippen molar-refractivity contribution < 1.29 is 0 Å². The summed E-state index contributed by atoms with van der Waals surface area (Å²) in [5.41, 5.74) is 2.13. The summed E-state index contributed by atoms with van der Waals surface area (Å²) in [5, 5.41) is 6.58. The van der Waals surface area contributed by atoms with E-state index >= 15 is 0 Å². The summed E-state index contributed by atoms with van der Waals surface area (Å²) in [5.74, 6) is 6.63. The number of fused-ring (bicyclic) bond motifs is 3. The lowest BCUT2D eigenvalue weighted by atomic mass is 10.0. The molecule has 0 aliphatic heterocycles. The molecule has 0 amide bonds. The van der Waals surface area contributed by atoms with Gasteiger partial charge < -0.3 is 0 Å². The largest absolute Gasteiger partial charge is 0.0775 e. The second kappa shape index (κ2) is 6.48. The fourth-order valence-corrected chi connectivity index (χ4v) is 4.46. The topological polar surface area (TPSA) is 0 Å². The Balaban J connectivity index is 1.68. The van der Waals surface area contributed by atoms with Gasteiger partial charge in [0.1, 0.15) is 0 Å². The Morgan fingerprint density at radius 3 is 1.96 bits per heavy atom. The van der Waals surface area contributed by atoms with Crippen LogP contribution in [0.1, 0.15) is 11.1 Å². The Morgan fingerprint density at radius 2 is 1.19 bits per heavy atom. The van der Waals surface area contributed by atoms with E-state index in [1.165, 1.54) is 26.7 Å². The van der Waals surface area contributed by atoms with Gasteiger partial charge in [0, 0.05) is 11.1 Å². The Hall–Kier alpha value is -2.82. The van der Waals surface area contributed by atoms with Crippen LogP contribution in [0.15, 0.2) is 78.9 Å². The van der Waals surface area contributed by atoms with E-state index in [0.717, 1.165) is 11.1 Å². The van der Waals surface area contributed by atoms with Gasteiger partial charge in [-0.3, -0.25) is 0 Å². The molecule has 0 N–H and O–H groups in total. The first-order valence-electron chi connectivity index (χ1n) is 9.05. The maximum Gasteiger partial charge on any atom is 0.0775 e. The van der Waals surface area contributed by atoms with Gasteiger partial charge in [-0.15, -0.1) is 0 Å². The van der Waals surface area contributed by atoms with Gasteiger partial charge in [0.15, 0.2) is 0 Å². The smallest absolute Gasteiger partial charge is 0.0656 e. The van der Waals surface area contributed by atoms with E-state index in [2.05, 4.69) is 110 Å². The first kappa shape index (κ1) is 16.6. The minimum Gasteiger partial charge on any atom is -0.0656 e. The zero-order valence-electron chi connectivity index (χ0n) is 15.5. The zero-order valence-corrected chi connectivity index (χ0v) is 16.5. The average molecular weight is 351 g/mol. The number of rotatable bonds is 1. The lowest BCUT2D eigenvalue weighted by Crippen LogP contribution is -2.37. The molecule has 0 saturated carbocycles. The standard InChI is InChI=1S/C25H22Si/c1-26(2,3)23-15-10-19(11-16-23)8-9-20-12-17-25-22(18-20)14-13-21-6-4-5-7-24(21)25/h4-7,10-18H,1-3H3. The van der Waals surface area contributed by atoms with Crippen LogP contribution in [-0.2, 0) is 0 Å². The molecule has 0 heterocycles. The summed E-state index contributed by atoms with van der Waals surface area (Å²) in [4.78, 5) is 0. The van der Waals surface area contributed by atoms with Crippen molar-refractivity contribution in [2.45, 2.75) is 19.6 Å². The molecule has 0 nitrogen and oxygen atoms in total. The molecule has 4 aromatic carbocycles. The van der Waals surface area contributed by atoms with Gasteiger partial charge in [0.05, 0.1) is 8.07 Å². The van der Waals surface area contributed by atoms with Crippen molar-refractivity contribution in [1.29, 1.82) is 0 Å². The minimum absolute atomic E-state index is 1.06. The molecule has 26 heavy (non-hydrogen) atoms. The van der Waals surface area contributed by atoms with Gasteiger partial charge in [0.25, 0.3) is 0 Å². The molecule has 0 bridgehead atoms. The molecule has 0 fully saturated rings. The lowest BCUT2D eigenvalue weighted by molar-refractivity contribution is 1.63. The Morgan fingerprint density at radius 1 is 0.577 bits per heavy atom. The summed E-state index contributed by atoms with van der Waals surface area (Å²) < 4.78 is 0. The number of benzene rings is 4. The van der Waals surface area contributed by atoms with E-state index in [9.17, 15) is 0 Å². The van der Waals surface area contributed by atoms with Crippen LogP contribution in [0, 0.1) is 11.8 Å². The molecule has 1 heteroatoms. The first-order valence-corrected chi connectivity index (χ1v) is 12.5. The summed E-state index contributed by atoms with van der Waals surface area (Å²) in [6, 6.07) is 28.2. The van der Waals surface area contributed by atoms with Crippen molar-refractivity contribution in [2.75, 3.05) is 0 Å². The highest BCUT2D eigenvalue weighted by Gasteiger charge is 2.15. The third-order valence-electron chi connectivity index (χ3n) is 4.85. The minimum atomic E-state index is -1.24. The van der Waals surface area contributed by atoms with Gasteiger partial charge in [-0.2, -0.15) is 0 Å². The Labute approximate surface area is 156 Å². The van der Waals surface area contributed by atoms with Gasteiger partial charge in [-0.25, -0.2) is 0 Å². The lowest BCUT2D eigenvalue weighted by Gasteiger charge is -2.15. The van der Waals surface area contributed by atoms with E-state index < -0.39 is 8.07 Å². The third-order valence-corrected chi connectivity index (χ3v) is 6.91. The zero-order chi connectivity index (χ0) is 18.1. The fraction of sp³-hybridized carbons (Fsp3) is 0.120. The fourth-order valence-electron chi connectivity index (χ4n) is 3.29. The molecule has 0 aliphatic carbocycles. The van der Waals surface area contributed by atoms with Crippen molar-refractivity contribution >= 4 is 34.8 Å². The highest BCUT2D eigenvalue weighted by molar-refractivity contribution is 6.88. The van der Waals surface area contributed by atoms with Crippen LogP contribution in [0.5, 0.6) is 0 Å². The van der Waals surface area contributed by atoms with Crippen LogP contribution in [0.3, 0.4) is 0 Å². The molecule has 0 aliphatic rings. The van der Waals surface area contributed by atoms with Crippen molar-refractivity contribution in [3.63, 3.8) is 0 Å². The molecule has 0 atom stereocenters. The molecule has 0 saturated heterocycles. The molecular formula is C25H22Si. The predicted octanol–water partition coefficient (Wildman–Crippen LogP) is 5.94. The highest BCUT2D eigenvalue weighted by atomic mass is 28.3. The van der Waals surface area contributed by atoms with Crippen LogP contribution in [0.25, 0.3) is 21.5 Å². The van der Waals surface area contributed by atoms with Crippen LogP contribution in [0.2, 0.25) is 19.6 Å². The van der Waals surface area contributed by atoms with Crippen molar-refractivity contribution in [2.24, 2.45) is 0 Å². The van der Waals surface area contributed by atoms with Crippen molar-refractivity contribution in [3.8, 4) is 11.8 Å². The molecular weight excluding hydrogens is 328 g/mol. The van der Waals surface area contributed by atoms with Crippen LogP contribution < -0.4 is 5.19 Å². The highest BCUT2D eigenvalue weighted by Crippen LogP contribution is 2.25. The number of hydrogen-bond acceptors (Lipinski definition) is 0. The normalized spacial score (nSPS) is 11.3. The summed E-state index contributed by atoms with van der Waals surface area (Å²) in [6.45, 7) is 7.10. The summed E-state index contributed by atoms with van der Waals surface area (Å²) >= 11 is 0. The predicted molar refractivity (Wildman–Crippen MR) is 117 cm³/mol. The molecule has 0 aromatic heterocycles. The van der Waals surface area contributed by atoms with E-state index in [1.54, 1.807) is 0 Å². The van der Waals surface area contributed by atoms with Gasteiger partial charge in [-0.05, 0) is 45.8 Å². The molecule has 4 aromatic rings. The molecule has 0 radical (unpaired) electrons. The van der Waals surface area contributed by atoms with Crippen molar-refractivity contribution in [1.82, 2.24) is 0 Å². The van der Waals surface area contributed by atoms with Gasteiger partial charge >= 0.3 is 0 Å². The van der Waals surface area contributed by atoms with E-state index in [-0.39, 0.29) is 0 Å². The Kier molecular flexibility index (Phi) is 4.15. The molecule has 126 valence electrons. The SMILES string of the molecule is C[Si](C)(C)c1ccc(C#Cc2ccc3c(ccc4ccccc43)c2)cc1. The maximum absolute atomic E-state index is 3.32. The molecule has 4 rings (SSSR count). The summed E-state index contributed by atoms with van der Waals surface area (Å²) in [7, 11) is -1.24. The number of hydrogen-bond donors (Lipinski definition) is 0. The maximum atomic E-state index is 3.32. The third kappa shape index (κ3) is 3.29. The average Bonchev–Trinajstić information content (AvgIpc) is 2.65. The molecule has 0 spiro atoms. The van der Waals surface area contributed by atoms with E-state index in [4.69, 9.17) is 0 Å². The summed E-state index contributed by atoms with van der Waals surface area (Å²) in [6.07, 6.45) is 0. The first-order chi connectivity index (χ1) is 12.5. The molecule has 0 unspecified atom stereocenters. The van der Waals surface area contributed by atoms with E-state index in [1.807, 2.05) is 0 Å². The monoisotopic (exact) mass is 350 g/mol.